The van der Waals surface area contributed by atoms with Gasteiger partial charge in [0, 0.05) is 31.3 Å². The van der Waals surface area contributed by atoms with E-state index in [9.17, 15) is 0 Å². The standard InChI is InChI=1S/C14H15Br2NS/c1-9(11-3-5-12(15)6-4-11)17-8-13-7-14(16)10(2)18-13/h3-7,9,17H,8H2,1-2H3. The molecule has 0 spiro atoms. The van der Waals surface area contributed by atoms with Crippen molar-refractivity contribution in [3.63, 3.8) is 0 Å². The highest BCUT2D eigenvalue weighted by molar-refractivity contribution is 9.10. The molecule has 96 valence electrons. The van der Waals surface area contributed by atoms with Gasteiger partial charge in [0.25, 0.3) is 0 Å². The highest BCUT2D eigenvalue weighted by Gasteiger charge is 2.07. The van der Waals surface area contributed by atoms with Crippen molar-refractivity contribution >= 4 is 43.2 Å². The maximum absolute atomic E-state index is 3.55. The number of thiophene rings is 1. The quantitative estimate of drug-likeness (QED) is 0.735. The van der Waals surface area contributed by atoms with E-state index in [-0.39, 0.29) is 0 Å². The van der Waals surface area contributed by atoms with Crippen LogP contribution < -0.4 is 5.32 Å². The van der Waals surface area contributed by atoms with Gasteiger partial charge in [0.2, 0.25) is 0 Å². The minimum atomic E-state index is 0.360. The number of benzene rings is 1. The van der Waals surface area contributed by atoms with E-state index in [0.29, 0.717) is 6.04 Å². The Hall–Kier alpha value is -0.160. The molecule has 1 aromatic carbocycles. The summed E-state index contributed by atoms with van der Waals surface area (Å²) < 4.78 is 2.33. The fourth-order valence-electron chi connectivity index (χ4n) is 1.73. The van der Waals surface area contributed by atoms with Gasteiger partial charge in [-0.15, -0.1) is 11.3 Å². The van der Waals surface area contributed by atoms with Crippen LogP contribution in [0.1, 0.15) is 28.3 Å². The van der Waals surface area contributed by atoms with E-state index < -0.39 is 0 Å². The molecule has 0 fully saturated rings. The van der Waals surface area contributed by atoms with Crippen molar-refractivity contribution in [3.8, 4) is 0 Å². The SMILES string of the molecule is Cc1sc(CNC(C)c2ccc(Br)cc2)cc1Br. The van der Waals surface area contributed by atoms with Gasteiger partial charge in [0.1, 0.15) is 0 Å². The lowest BCUT2D eigenvalue weighted by molar-refractivity contribution is 0.579. The highest BCUT2D eigenvalue weighted by atomic mass is 79.9. The topological polar surface area (TPSA) is 12.0 Å². The van der Waals surface area contributed by atoms with Crippen LogP contribution in [0.3, 0.4) is 0 Å². The number of aryl methyl sites for hydroxylation is 1. The summed E-state index contributed by atoms with van der Waals surface area (Å²) in [7, 11) is 0. The van der Waals surface area contributed by atoms with Crippen LogP contribution in [-0.4, -0.2) is 0 Å². The molecule has 18 heavy (non-hydrogen) atoms. The van der Waals surface area contributed by atoms with Gasteiger partial charge in [0.15, 0.2) is 0 Å². The van der Waals surface area contributed by atoms with Gasteiger partial charge in [-0.1, -0.05) is 28.1 Å². The zero-order chi connectivity index (χ0) is 13.1. The average Bonchev–Trinajstić information content (AvgIpc) is 2.67. The molecule has 1 unspecified atom stereocenters. The predicted molar refractivity (Wildman–Crippen MR) is 86.2 cm³/mol. The Labute approximate surface area is 129 Å². The first-order valence-corrected chi connectivity index (χ1v) is 8.20. The largest absolute Gasteiger partial charge is 0.305 e. The van der Waals surface area contributed by atoms with E-state index in [2.05, 4.69) is 81.4 Å². The fraction of sp³-hybridized carbons (Fsp3) is 0.286. The van der Waals surface area contributed by atoms with Crippen molar-refractivity contribution in [3.05, 3.63) is 54.6 Å². The molecule has 0 amide bonds. The summed E-state index contributed by atoms with van der Waals surface area (Å²) in [5.74, 6) is 0. The second-order valence-corrected chi connectivity index (χ2v) is 7.38. The Kier molecular flexibility index (Phi) is 5.01. The molecule has 1 nitrogen and oxygen atoms in total. The van der Waals surface area contributed by atoms with Gasteiger partial charge >= 0.3 is 0 Å². The number of nitrogens with one attached hydrogen (secondary N) is 1. The molecule has 0 saturated heterocycles. The Morgan fingerprint density at radius 1 is 1.22 bits per heavy atom. The Morgan fingerprint density at radius 3 is 2.44 bits per heavy atom. The first kappa shape index (κ1) is 14.3. The van der Waals surface area contributed by atoms with Gasteiger partial charge in [-0.05, 0) is 53.5 Å². The zero-order valence-electron chi connectivity index (χ0n) is 10.3. The maximum atomic E-state index is 3.55. The van der Waals surface area contributed by atoms with E-state index in [1.807, 2.05) is 11.3 Å². The monoisotopic (exact) mass is 387 g/mol. The average molecular weight is 389 g/mol. The summed E-state index contributed by atoms with van der Waals surface area (Å²) in [6, 6.07) is 11.0. The second-order valence-electron chi connectivity index (χ2n) is 4.27. The van der Waals surface area contributed by atoms with Crippen molar-refractivity contribution < 1.29 is 0 Å². The number of hydrogen-bond donors (Lipinski definition) is 1. The van der Waals surface area contributed by atoms with Crippen LogP contribution in [0.5, 0.6) is 0 Å². The molecular weight excluding hydrogens is 374 g/mol. The van der Waals surface area contributed by atoms with Crippen LogP contribution in [0.15, 0.2) is 39.3 Å². The molecule has 1 aromatic heterocycles. The molecule has 4 heteroatoms. The molecule has 0 aliphatic heterocycles. The third-order valence-corrected chi connectivity index (χ3v) is 5.53. The van der Waals surface area contributed by atoms with Crippen molar-refractivity contribution in [1.82, 2.24) is 5.32 Å². The molecule has 1 atom stereocenters. The fourth-order valence-corrected chi connectivity index (χ4v) is 3.54. The van der Waals surface area contributed by atoms with Crippen LogP contribution in [0.4, 0.5) is 0 Å². The Bertz CT molecular complexity index is 500. The lowest BCUT2D eigenvalue weighted by atomic mass is 10.1. The van der Waals surface area contributed by atoms with Gasteiger partial charge in [-0.25, -0.2) is 0 Å². The van der Waals surface area contributed by atoms with E-state index in [0.717, 1.165) is 11.0 Å². The molecular formula is C14H15Br2NS. The van der Waals surface area contributed by atoms with Gasteiger partial charge < -0.3 is 5.32 Å². The molecule has 2 rings (SSSR count). The molecule has 0 saturated carbocycles. The predicted octanol–water partition coefficient (Wildman–Crippen LogP) is 5.43. The first-order valence-electron chi connectivity index (χ1n) is 5.80. The third-order valence-electron chi connectivity index (χ3n) is 2.86. The highest BCUT2D eigenvalue weighted by Crippen LogP contribution is 2.26. The van der Waals surface area contributed by atoms with Crippen LogP contribution >= 0.6 is 43.2 Å². The molecule has 2 aromatic rings. The molecule has 1 heterocycles. The maximum Gasteiger partial charge on any atom is 0.0314 e. The van der Waals surface area contributed by atoms with Crippen LogP contribution in [0.2, 0.25) is 0 Å². The van der Waals surface area contributed by atoms with Crippen LogP contribution in [-0.2, 0) is 6.54 Å². The normalized spacial score (nSPS) is 12.7. The summed E-state index contributed by atoms with van der Waals surface area (Å²) in [5.41, 5.74) is 1.31. The Balaban J connectivity index is 1.95. The van der Waals surface area contributed by atoms with Gasteiger partial charge in [-0.3, -0.25) is 0 Å². The summed E-state index contributed by atoms with van der Waals surface area (Å²) in [5, 5.41) is 3.55. The molecule has 0 aliphatic rings. The number of hydrogen-bond acceptors (Lipinski definition) is 2. The summed E-state index contributed by atoms with van der Waals surface area (Å²) >= 11 is 8.85. The molecule has 0 aliphatic carbocycles. The molecule has 0 bridgehead atoms. The van der Waals surface area contributed by atoms with E-state index >= 15 is 0 Å². The van der Waals surface area contributed by atoms with Crippen molar-refractivity contribution in [2.24, 2.45) is 0 Å². The molecule has 1 N–H and O–H groups in total. The van der Waals surface area contributed by atoms with Crippen molar-refractivity contribution in [2.45, 2.75) is 26.4 Å². The second kappa shape index (κ2) is 6.33. The van der Waals surface area contributed by atoms with E-state index in [1.165, 1.54) is 19.8 Å². The lowest BCUT2D eigenvalue weighted by Gasteiger charge is -2.13. The number of rotatable bonds is 4. The summed E-state index contributed by atoms with van der Waals surface area (Å²) in [4.78, 5) is 2.70. The smallest absolute Gasteiger partial charge is 0.0314 e. The minimum Gasteiger partial charge on any atom is -0.305 e. The summed E-state index contributed by atoms with van der Waals surface area (Å²) in [6.45, 7) is 5.24. The minimum absolute atomic E-state index is 0.360. The molecule has 0 radical (unpaired) electrons. The van der Waals surface area contributed by atoms with Gasteiger partial charge in [-0.2, -0.15) is 0 Å². The Morgan fingerprint density at radius 2 is 1.89 bits per heavy atom. The third kappa shape index (κ3) is 3.67. The zero-order valence-corrected chi connectivity index (χ0v) is 14.3. The first-order chi connectivity index (χ1) is 8.56. The lowest BCUT2D eigenvalue weighted by Crippen LogP contribution is -2.17. The number of halogens is 2. The van der Waals surface area contributed by atoms with Crippen molar-refractivity contribution in [2.75, 3.05) is 0 Å². The van der Waals surface area contributed by atoms with E-state index in [4.69, 9.17) is 0 Å². The van der Waals surface area contributed by atoms with Crippen LogP contribution in [0, 0.1) is 6.92 Å². The summed E-state index contributed by atoms with van der Waals surface area (Å²) in [6.07, 6.45) is 0. The van der Waals surface area contributed by atoms with Gasteiger partial charge in [0.05, 0.1) is 0 Å². The van der Waals surface area contributed by atoms with Crippen LogP contribution in [0.25, 0.3) is 0 Å². The van der Waals surface area contributed by atoms with Crippen molar-refractivity contribution in [1.29, 1.82) is 0 Å². The van der Waals surface area contributed by atoms with E-state index in [1.54, 1.807) is 0 Å².